The van der Waals surface area contributed by atoms with Gasteiger partial charge in [-0.1, -0.05) is 6.07 Å². The van der Waals surface area contributed by atoms with Crippen molar-refractivity contribution in [2.75, 3.05) is 18.1 Å². The number of hydrogen-bond donors (Lipinski definition) is 1. The molecule has 1 aromatic rings. The molecule has 17 heavy (non-hydrogen) atoms. The first-order valence-corrected chi connectivity index (χ1v) is 6.26. The summed E-state index contributed by atoms with van der Waals surface area (Å²) in [4.78, 5) is 13.3. The fraction of sp³-hybridized carbons (Fsp3) is 0.417. The standard InChI is InChI=1S/C12H14BrNO3/c1-8-2-3-11(10(13)6-8)14-9(7-15)4-5-17-12(14)16/h2-3,6,9,15H,4-5,7H2,1H3. The van der Waals surface area contributed by atoms with Gasteiger partial charge < -0.3 is 9.84 Å². The molecule has 0 saturated carbocycles. The Labute approximate surface area is 108 Å². The van der Waals surface area contributed by atoms with Crippen molar-refractivity contribution in [2.45, 2.75) is 19.4 Å². The summed E-state index contributed by atoms with van der Waals surface area (Å²) in [6.07, 6.45) is 0.239. The SMILES string of the molecule is Cc1ccc(N2C(=O)OCCC2CO)c(Br)c1. The zero-order chi connectivity index (χ0) is 12.4. The second kappa shape index (κ2) is 5.06. The summed E-state index contributed by atoms with van der Waals surface area (Å²) in [5.41, 5.74) is 1.84. The van der Waals surface area contributed by atoms with Crippen molar-refractivity contribution in [3.8, 4) is 0 Å². The van der Waals surface area contributed by atoms with Crippen LogP contribution in [0, 0.1) is 6.92 Å². The smallest absolute Gasteiger partial charge is 0.414 e. The van der Waals surface area contributed by atoms with Gasteiger partial charge in [-0.25, -0.2) is 4.79 Å². The Bertz CT molecular complexity index is 436. The minimum Gasteiger partial charge on any atom is -0.449 e. The number of hydrogen-bond acceptors (Lipinski definition) is 3. The van der Waals surface area contributed by atoms with Crippen LogP contribution in [0.4, 0.5) is 10.5 Å². The Kier molecular flexibility index (Phi) is 3.69. The van der Waals surface area contributed by atoms with Crippen LogP contribution in [0.3, 0.4) is 0 Å². The molecule has 5 heteroatoms. The zero-order valence-corrected chi connectivity index (χ0v) is 11.1. The number of nitrogens with zero attached hydrogens (tertiary/aromatic N) is 1. The van der Waals surface area contributed by atoms with Gasteiger partial charge in [0.25, 0.3) is 0 Å². The molecule has 1 heterocycles. The molecular weight excluding hydrogens is 286 g/mol. The van der Waals surface area contributed by atoms with Gasteiger partial charge in [0, 0.05) is 10.9 Å². The highest BCUT2D eigenvalue weighted by Gasteiger charge is 2.31. The van der Waals surface area contributed by atoms with Crippen LogP contribution in [0.1, 0.15) is 12.0 Å². The van der Waals surface area contributed by atoms with E-state index in [4.69, 9.17) is 4.74 Å². The van der Waals surface area contributed by atoms with Crippen LogP contribution in [-0.4, -0.2) is 30.5 Å². The van der Waals surface area contributed by atoms with E-state index in [1.807, 2.05) is 25.1 Å². The van der Waals surface area contributed by atoms with Crippen LogP contribution < -0.4 is 4.90 Å². The lowest BCUT2D eigenvalue weighted by molar-refractivity contribution is 0.115. The van der Waals surface area contributed by atoms with Gasteiger partial charge in [-0.3, -0.25) is 4.90 Å². The number of anilines is 1. The van der Waals surface area contributed by atoms with Crippen LogP contribution in [0.25, 0.3) is 0 Å². The zero-order valence-electron chi connectivity index (χ0n) is 9.52. The summed E-state index contributed by atoms with van der Waals surface area (Å²) < 4.78 is 5.85. The maximum atomic E-state index is 11.8. The third kappa shape index (κ3) is 2.45. The number of carbonyl (C=O) groups is 1. The van der Waals surface area contributed by atoms with E-state index in [0.717, 1.165) is 15.7 Å². The molecule has 1 aliphatic heterocycles. The maximum Gasteiger partial charge on any atom is 0.414 e. The van der Waals surface area contributed by atoms with Crippen molar-refractivity contribution in [3.63, 3.8) is 0 Å². The molecule has 1 N–H and O–H groups in total. The number of aliphatic hydroxyl groups excluding tert-OH is 1. The summed E-state index contributed by atoms with van der Waals surface area (Å²) in [6, 6.07) is 5.51. The number of aliphatic hydroxyl groups is 1. The average molecular weight is 300 g/mol. The van der Waals surface area contributed by atoms with Crippen LogP contribution >= 0.6 is 15.9 Å². The topological polar surface area (TPSA) is 49.8 Å². The molecule has 1 unspecified atom stereocenters. The van der Waals surface area contributed by atoms with E-state index in [9.17, 15) is 9.90 Å². The summed E-state index contributed by atoms with van der Waals surface area (Å²) in [5.74, 6) is 0. The predicted molar refractivity (Wildman–Crippen MR) is 68.2 cm³/mol. The summed E-state index contributed by atoms with van der Waals surface area (Å²) in [5, 5.41) is 9.32. The van der Waals surface area contributed by atoms with E-state index in [2.05, 4.69) is 15.9 Å². The van der Waals surface area contributed by atoms with E-state index in [0.29, 0.717) is 13.0 Å². The molecule has 0 bridgehead atoms. The van der Waals surface area contributed by atoms with Crippen molar-refractivity contribution < 1.29 is 14.6 Å². The van der Waals surface area contributed by atoms with Gasteiger partial charge >= 0.3 is 6.09 Å². The minimum atomic E-state index is -0.403. The number of amides is 1. The Morgan fingerprint density at radius 3 is 3.00 bits per heavy atom. The molecule has 1 amide bonds. The molecule has 92 valence electrons. The lowest BCUT2D eigenvalue weighted by atomic mass is 10.1. The average Bonchev–Trinajstić information content (AvgIpc) is 2.30. The molecule has 0 spiro atoms. The summed E-state index contributed by atoms with van der Waals surface area (Å²) in [7, 11) is 0. The molecule has 2 rings (SSSR count). The molecule has 1 aliphatic rings. The van der Waals surface area contributed by atoms with Gasteiger partial charge in [-0.2, -0.15) is 0 Å². The molecule has 0 radical (unpaired) electrons. The third-order valence-electron chi connectivity index (χ3n) is 2.81. The summed E-state index contributed by atoms with van der Waals surface area (Å²) in [6.45, 7) is 2.28. The van der Waals surface area contributed by atoms with Crippen LogP contribution in [0.5, 0.6) is 0 Å². The first-order chi connectivity index (χ1) is 8.13. The van der Waals surface area contributed by atoms with Crippen LogP contribution in [0.15, 0.2) is 22.7 Å². The van der Waals surface area contributed by atoms with E-state index in [1.165, 1.54) is 4.90 Å². The molecule has 1 atom stereocenters. The van der Waals surface area contributed by atoms with Gasteiger partial charge in [0.15, 0.2) is 0 Å². The van der Waals surface area contributed by atoms with E-state index >= 15 is 0 Å². The second-order valence-corrected chi connectivity index (χ2v) is 4.92. The van der Waals surface area contributed by atoms with Crippen LogP contribution in [0.2, 0.25) is 0 Å². The van der Waals surface area contributed by atoms with Gasteiger partial charge in [-0.05, 0) is 40.5 Å². The van der Waals surface area contributed by atoms with Crippen molar-refractivity contribution in [1.29, 1.82) is 0 Å². The fourth-order valence-electron chi connectivity index (χ4n) is 1.91. The third-order valence-corrected chi connectivity index (χ3v) is 3.45. The number of carbonyl (C=O) groups excluding carboxylic acids is 1. The van der Waals surface area contributed by atoms with Gasteiger partial charge in [-0.15, -0.1) is 0 Å². The lowest BCUT2D eigenvalue weighted by Crippen LogP contribution is -2.47. The molecule has 0 aromatic heterocycles. The van der Waals surface area contributed by atoms with E-state index < -0.39 is 6.09 Å². The highest BCUT2D eigenvalue weighted by atomic mass is 79.9. The lowest BCUT2D eigenvalue weighted by Gasteiger charge is -2.34. The molecular formula is C12H14BrNO3. The predicted octanol–water partition coefficient (Wildman–Crippen LogP) is 2.47. The van der Waals surface area contributed by atoms with Crippen molar-refractivity contribution in [1.82, 2.24) is 0 Å². The van der Waals surface area contributed by atoms with Crippen molar-refractivity contribution in [2.24, 2.45) is 0 Å². The molecule has 4 nitrogen and oxygen atoms in total. The molecule has 1 aromatic carbocycles. The van der Waals surface area contributed by atoms with Gasteiger partial charge in [0.1, 0.15) is 0 Å². The normalized spacial score (nSPS) is 20.3. The highest BCUT2D eigenvalue weighted by molar-refractivity contribution is 9.10. The number of ether oxygens (including phenoxy) is 1. The van der Waals surface area contributed by atoms with Gasteiger partial charge in [0.05, 0.1) is 24.9 Å². The molecule has 0 aliphatic carbocycles. The minimum absolute atomic E-state index is 0.0601. The first-order valence-electron chi connectivity index (χ1n) is 5.46. The Hall–Kier alpha value is -1.07. The number of halogens is 1. The van der Waals surface area contributed by atoms with Gasteiger partial charge in [0.2, 0.25) is 0 Å². The Morgan fingerprint density at radius 1 is 1.59 bits per heavy atom. The number of benzene rings is 1. The fourth-order valence-corrected chi connectivity index (χ4v) is 2.59. The highest BCUT2D eigenvalue weighted by Crippen LogP contribution is 2.31. The first kappa shape index (κ1) is 12.4. The number of cyclic esters (lactones) is 1. The second-order valence-electron chi connectivity index (χ2n) is 4.06. The van der Waals surface area contributed by atoms with E-state index in [1.54, 1.807) is 0 Å². The molecule has 1 saturated heterocycles. The summed E-state index contributed by atoms with van der Waals surface area (Å²) >= 11 is 3.44. The largest absolute Gasteiger partial charge is 0.449 e. The molecule has 1 fully saturated rings. The van der Waals surface area contributed by atoms with Crippen molar-refractivity contribution >= 4 is 27.7 Å². The Balaban J connectivity index is 2.38. The van der Waals surface area contributed by atoms with Crippen LogP contribution in [-0.2, 0) is 4.74 Å². The monoisotopic (exact) mass is 299 g/mol. The number of aryl methyl sites for hydroxylation is 1. The quantitative estimate of drug-likeness (QED) is 0.913. The van der Waals surface area contributed by atoms with Crippen molar-refractivity contribution in [3.05, 3.63) is 28.2 Å². The van der Waals surface area contributed by atoms with E-state index in [-0.39, 0.29) is 12.6 Å². The number of rotatable bonds is 2. The Morgan fingerprint density at radius 2 is 2.35 bits per heavy atom. The maximum absolute atomic E-state index is 11.8.